The molecule has 0 rings (SSSR count). The molecule has 0 aromatic rings. The molecule has 15 heavy (non-hydrogen) atoms. The molecule has 0 aromatic heterocycles. The highest BCUT2D eigenvalue weighted by molar-refractivity contribution is 6.31. The van der Waals surface area contributed by atoms with E-state index in [9.17, 15) is 9.59 Å². The molecule has 0 heterocycles. The fraction of sp³-hybridized carbons (Fsp3) is 0.778. The number of hydrogen-bond donors (Lipinski definition) is 2. The standard InChI is InChI=1S/C6H15NO2.C3H4O3/c1-8-5-3-7-4-6-9-2;1-2(4)3(5)6/h7H,3-6H2,1-2H3;1H3,(H,5,6). The van der Waals surface area contributed by atoms with Crippen LogP contribution in [0.25, 0.3) is 0 Å². The van der Waals surface area contributed by atoms with Gasteiger partial charge in [0.25, 0.3) is 0 Å². The molecule has 0 spiro atoms. The Hall–Kier alpha value is -0.980. The molecule has 0 amide bonds. The molecule has 0 radical (unpaired) electrons. The smallest absolute Gasteiger partial charge is 0.371 e. The van der Waals surface area contributed by atoms with E-state index < -0.39 is 11.8 Å². The maximum Gasteiger partial charge on any atom is 0.371 e. The number of Topliss-reactive ketones (excluding diaryl/α,β-unsaturated/α-hetero) is 1. The molecule has 2 N–H and O–H groups in total. The summed E-state index contributed by atoms with van der Waals surface area (Å²) in [5.74, 6) is -2.20. The van der Waals surface area contributed by atoms with Gasteiger partial charge in [0.05, 0.1) is 13.2 Å². The molecule has 0 aliphatic carbocycles. The summed E-state index contributed by atoms with van der Waals surface area (Å²) in [4.78, 5) is 18.9. The SMILES string of the molecule is CC(=O)C(=O)O.COCCNCCOC. The van der Waals surface area contributed by atoms with Crippen molar-refractivity contribution >= 4 is 11.8 Å². The van der Waals surface area contributed by atoms with Crippen molar-refractivity contribution in [2.75, 3.05) is 40.5 Å². The summed E-state index contributed by atoms with van der Waals surface area (Å²) in [7, 11) is 3.38. The second kappa shape index (κ2) is 13.0. The van der Waals surface area contributed by atoms with Crippen molar-refractivity contribution in [3.63, 3.8) is 0 Å². The van der Waals surface area contributed by atoms with Crippen LogP contribution in [0.5, 0.6) is 0 Å². The Morgan fingerprint density at radius 1 is 1.13 bits per heavy atom. The summed E-state index contributed by atoms with van der Waals surface area (Å²) in [6.45, 7) is 4.34. The van der Waals surface area contributed by atoms with Gasteiger partial charge < -0.3 is 19.9 Å². The van der Waals surface area contributed by atoms with Crippen molar-refractivity contribution in [3.8, 4) is 0 Å². The number of hydrogen-bond acceptors (Lipinski definition) is 5. The van der Waals surface area contributed by atoms with Crippen LogP contribution in [0.4, 0.5) is 0 Å². The minimum Gasteiger partial charge on any atom is -0.476 e. The first-order chi connectivity index (χ1) is 7.06. The topological polar surface area (TPSA) is 84.9 Å². The average Bonchev–Trinajstić information content (AvgIpc) is 2.18. The number of ether oxygens (including phenoxy) is 2. The maximum atomic E-state index is 9.54. The van der Waals surface area contributed by atoms with Crippen LogP contribution in [0.15, 0.2) is 0 Å². The molecule has 0 aliphatic heterocycles. The van der Waals surface area contributed by atoms with E-state index >= 15 is 0 Å². The Labute approximate surface area is 89.6 Å². The zero-order valence-corrected chi connectivity index (χ0v) is 9.41. The normalized spacial score (nSPS) is 9.00. The number of methoxy groups -OCH3 is 2. The zero-order chi connectivity index (χ0) is 12.1. The summed E-state index contributed by atoms with van der Waals surface area (Å²) < 4.78 is 9.64. The quantitative estimate of drug-likeness (QED) is 0.446. The molecule has 0 saturated carbocycles. The molecular weight excluding hydrogens is 202 g/mol. The minimum atomic E-state index is -1.38. The third kappa shape index (κ3) is 19.4. The van der Waals surface area contributed by atoms with E-state index in [1.807, 2.05) is 0 Å². The number of nitrogens with one attached hydrogen (secondary N) is 1. The molecule has 90 valence electrons. The second-order valence-corrected chi connectivity index (χ2v) is 2.60. The first-order valence-corrected chi connectivity index (χ1v) is 4.48. The van der Waals surface area contributed by atoms with Crippen molar-refractivity contribution < 1.29 is 24.2 Å². The van der Waals surface area contributed by atoms with E-state index in [0.29, 0.717) is 0 Å². The first-order valence-electron chi connectivity index (χ1n) is 4.48. The second-order valence-electron chi connectivity index (χ2n) is 2.60. The Bertz CT molecular complexity index is 154. The van der Waals surface area contributed by atoms with Gasteiger partial charge >= 0.3 is 5.97 Å². The lowest BCUT2D eigenvalue weighted by Gasteiger charge is -2.01. The Kier molecular flexibility index (Phi) is 14.3. The van der Waals surface area contributed by atoms with Crippen LogP contribution in [0.1, 0.15) is 6.92 Å². The van der Waals surface area contributed by atoms with E-state index in [0.717, 1.165) is 33.2 Å². The molecule has 0 aliphatic rings. The van der Waals surface area contributed by atoms with Gasteiger partial charge in [-0.2, -0.15) is 0 Å². The van der Waals surface area contributed by atoms with Crippen LogP contribution in [-0.2, 0) is 19.1 Å². The first kappa shape index (κ1) is 16.4. The number of carboxylic acids is 1. The molecule has 0 aromatic carbocycles. The van der Waals surface area contributed by atoms with Crippen molar-refractivity contribution in [2.45, 2.75) is 6.92 Å². The number of carbonyl (C=O) groups is 2. The fourth-order valence-electron chi connectivity index (χ4n) is 0.473. The van der Waals surface area contributed by atoms with Gasteiger partial charge in [0.1, 0.15) is 0 Å². The predicted octanol–water partition coefficient (Wildman–Crippen LogP) is -0.471. The predicted molar refractivity (Wildman–Crippen MR) is 54.9 cm³/mol. The molecule has 6 nitrogen and oxygen atoms in total. The van der Waals surface area contributed by atoms with Crippen LogP contribution in [-0.4, -0.2) is 57.4 Å². The lowest BCUT2D eigenvalue weighted by Crippen LogP contribution is -2.23. The molecule has 6 heteroatoms. The van der Waals surface area contributed by atoms with Crippen LogP contribution in [0.2, 0.25) is 0 Å². The number of carbonyl (C=O) groups excluding carboxylic acids is 1. The highest BCUT2D eigenvalue weighted by Crippen LogP contribution is 1.65. The molecule has 0 fully saturated rings. The maximum absolute atomic E-state index is 9.54. The molecule has 0 atom stereocenters. The summed E-state index contributed by atoms with van der Waals surface area (Å²) in [5.41, 5.74) is 0. The van der Waals surface area contributed by atoms with Crippen LogP contribution in [0.3, 0.4) is 0 Å². The van der Waals surface area contributed by atoms with Crippen LogP contribution < -0.4 is 5.32 Å². The number of ketones is 1. The highest BCUT2D eigenvalue weighted by atomic mass is 16.5. The zero-order valence-electron chi connectivity index (χ0n) is 9.41. The lowest BCUT2D eigenvalue weighted by molar-refractivity contribution is -0.148. The summed E-state index contributed by atoms with van der Waals surface area (Å²) in [6.07, 6.45) is 0. The molecule has 0 saturated heterocycles. The highest BCUT2D eigenvalue weighted by Gasteiger charge is 1.98. The monoisotopic (exact) mass is 221 g/mol. The number of aliphatic carboxylic acids is 1. The van der Waals surface area contributed by atoms with Crippen molar-refractivity contribution in [1.82, 2.24) is 5.32 Å². The third-order valence-corrected chi connectivity index (χ3v) is 1.27. The van der Waals surface area contributed by atoms with Gasteiger partial charge in [0, 0.05) is 34.2 Å². The molecule has 0 unspecified atom stereocenters. The van der Waals surface area contributed by atoms with Crippen molar-refractivity contribution in [1.29, 1.82) is 0 Å². The van der Waals surface area contributed by atoms with Crippen molar-refractivity contribution in [2.24, 2.45) is 0 Å². The average molecular weight is 221 g/mol. The summed E-state index contributed by atoms with van der Waals surface area (Å²) >= 11 is 0. The Morgan fingerprint density at radius 2 is 1.47 bits per heavy atom. The van der Waals surface area contributed by atoms with Gasteiger partial charge in [-0.15, -0.1) is 0 Å². The van der Waals surface area contributed by atoms with Gasteiger partial charge in [-0.25, -0.2) is 4.79 Å². The molecular formula is C9H19NO5. The van der Waals surface area contributed by atoms with Gasteiger partial charge in [0.15, 0.2) is 0 Å². The number of rotatable bonds is 7. The van der Waals surface area contributed by atoms with Crippen LogP contribution >= 0.6 is 0 Å². The van der Waals surface area contributed by atoms with Crippen molar-refractivity contribution in [3.05, 3.63) is 0 Å². The molecule has 0 bridgehead atoms. The minimum absolute atomic E-state index is 0.768. The van der Waals surface area contributed by atoms with E-state index in [-0.39, 0.29) is 0 Å². The third-order valence-electron chi connectivity index (χ3n) is 1.27. The van der Waals surface area contributed by atoms with Crippen LogP contribution in [0, 0.1) is 0 Å². The Balaban J connectivity index is 0. The van der Waals surface area contributed by atoms with E-state index in [1.165, 1.54) is 0 Å². The summed E-state index contributed by atoms with van der Waals surface area (Å²) in [5, 5.41) is 10.8. The fourth-order valence-corrected chi connectivity index (χ4v) is 0.473. The van der Waals surface area contributed by atoms with E-state index in [4.69, 9.17) is 14.6 Å². The van der Waals surface area contributed by atoms with E-state index in [1.54, 1.807) is 14.2 Å². The van der Waals surface area contributed by atoms with Gasteiger partial charge in [-0.3, -0.25) is 4.79 Å². The van der Waals surface area contributed by atoms with Gasteiger partial charge in [-0.1, -0.05) is 0 Å². The van der Waals surface area contributed by atoms with E-state index in [2.05, 4.69) is 5.32 Å². The number of carboxylic acid groups (broad SMARTS) is 1. The van der Waals surface area contributed by atoms with Gasteiger partial charge in [0.2, 0.25) is 5.78 Å². The summed E-state index contributed by atoms with van der Waals surface area (Å²) in [6, 6.07) is 0. The lowest BCUT2D eigenvalue weighted by atomic mass is 10.5. The van der Waals surface area contributed by atoms with Gasteiger partial charge in [-0.05, 0) is 0 Å². The largest absolute Gasteiger partial charge is 0.476 e. The Morgan fingerprint density at radius 3 is 1.67 bits per heavy atom.